The first-order valence-corrected chi connectivity index (χ1v) is 11.5. The SMILES string of the molecule is O=C(c1ccccn1)[C@@H]1[C@@H](c2ccc(Cl)cc2)[C@@H]2CCCN2[C@]12C(=O)Nc1ccc(F)cc12. The van der Waals surface area contributed by atoms with E-state index in [4.69, 9.17) is 11.6 Å². The van der Waals surface area contributed by atoms with Gasteiger partial charge in [-0.25, -0.2) is 4.39 Å². The van der Waals surface area contributed by atoms with Crippen LogP contribution in [0.4, 0.5) is 10.1 Å². The average molecular weight is 462 g/mol. The number of rotatable bonds is 3. The van der Waals surface area contributed by atoms with Crippen LogP contribution in [-0.4, -0.2) is 34.2 Å². The van der Waals surface area contributed by atoms with Crippen LogP contribution in [0.2, 0.25) is 5.02 Å². The molecule has 7 heteroatoms. The number of Topliss-reactive ketones (excluding diaryl/α,β-unsaturated/α-hetero) is 1. The zero-order valence-corrected chi connectivity index (χ0v) is 18.4. The summed E-state index contributed by atoms with van der Waals surface area (Å²) >= 11 is 6.16. The molecule has 0 bridgehead atoms. The van der Waals surface area contributed by atoms with E-state index in [2.05, 4.69) is 15.2 Å². The molecule has 1 amide bonds. The molecular weight excluding hydrogens is 441 g/mol. The van der Waals surface area contributed by atoms with Gasteiger partial charge in [0.05, 0.1) is 5.92 Å². The monoisotopic (exact) mass is 461 g/mol. The Labute approximate surface area is 195 Å². The lowest BCUT2D eigenvalue weighted by atomic mass is 9.69. The second-order valence-corrected chi connectivity index (χ2v) is 9.38. The highest BCUT2D eigenvalue weighted by atomic mass is 35.5. The highest BCUT2D eigenvalue weighted by Gasteiger charge is 2.69. The van der Waals surface area contributed by atoms with Gasteiger partial charge in [0.25, 0.3) is 0 Å². The largest absolute Gasteiger partial charge is 0.324 e. The van der Waals surface area contributed by atoms with Crippen LogP contribution in [0.5, 0.6) is 0 Å². The molecular formula is C26H21ClFN3O2. The van der Waals surface area contributed by atoms with Crippen LogP contribution in [0.3, 0.4) is 0 Å². The highest BCUT2D eigenvalue weighted by molar-refractivity contribution is 6.30. The molecule has 2 saturated heterocycles. The Morgan fingerprint density at radius 1 is 1.15 bits per heavy atom. The van der Waals surface area contributed by atoms with Gasteiger partial charge < -0.3 is 5.32 Å². The Morgan fingerprint density at radius 2 is 1.97 bits per heavy atom. The molecule has 4 heterocycles. The lowest BCUT2D eigenvalue weighted by molar-refractivity contribution is -0.127. The van der Waals surface area contributed by atoms with E-state index in [1.807, 2.05) is 24.3 Å². The molecule has 2 fully saturated rings. The van der Waals surface area contributed by atoms with Crippen molar-refractivity contribution < 1.29 is 14.0 Å². The number of fused-ring (bicyclic) bond motifs is 4. The molecule has 4 atom stereocenters. The smallest absolute Gasteiger partial charge is 0.250 e. The minimum absolute atomic E-state index is 0.0381. The maximum absolute atomic E-state index is 14.5. The number of amides is 1. The molecule has 3 aliphatic heterocycles. The average Bonchev–Trinajstić information content (AvgIpc) is 3.48. The lowest BCUT2D eigenvalue weighted by Crippen LogP contribution is -2.53. The summed E-state index contributed by atoms with van der Waals surface area (Å²) in [6.45, 7) is 0.657. The Hall–Kier alpha value is -3.09. The molecule has 0 aliphatic carbocycles. The van der Waals surface area contributed by atoms with Crippen LogP contribution in [0, 0.1) is 11.7 Å². The number of aromatic nitrogens is 1. The number of carbonyl (C=O) groups excluding carboxylic acids is 2. The van der Waals surface area contributed by atoms with E-state index in [1.165, 1.54) is 12.1 Å². The molecule has 0 unspecified atom stereocenters. The Kier molecular flexibility index (Phi) is 4.64. The van der Waals surface area contributed by atoms with Gasteiger partial charge in [-0.05, 0) is 67.4 Å². The number of benzene rings is 2. The molecule has 33 heavy (non-hydrogen) atoms. The van der Waals surface area contributed by atoms with Gasteiger partial charge in [-0.1, -0.05) is 29.8 Å². The lowest BCUT2D eigenvalue weighted by Gasteiger charge is -2.36. The summed E-state index contributed by atoms with van der Waals surface area (Å²) in [4.78, 5) is 34.4. The number of hydrogen-bond acceptors (Lipinski definition) is 4. The third-order valence-corrected chi connectivity index (χ3v) is 7.67. The van der Waals surface area contributed by atoms with Crippen molar-refractivity contribution in [1.29, 1.82) is 0 Å². The van der Waals surface area contributed by atoms with E-state index in [9.17, 15) is 14.0 Å². The standard InChI is InChI=1S/C26H21ClFN3O2/c27-16-8-6-15(7-9-16)22-21-5-3-13-31(21)26(23(22)24(32)20-4-1-2-12-29-20)18-14-17(28)10-11-19(18)30-25(26)33/h1-2,4,6-12,14,21-23H,3,5,13H2,(H,30,33)/t21-,22-,23-,26-/m0/s1. The topological polar surface area (TPSA) is 62.3 Å². The van der Waals surface area contributed by atoms with Gasteiger partial charge in [0.15, 0.2) is 5.78 Å². The van der Waals surface area contributed by atoms with E-state index >= 15 is 0 Å². The second kappa shape index (κ2) is 7.47. The van der Waals surface area contributed by atoms with E-state index in [-0.39, 0.29) is 23.7 Å². The van der Waals surface area contributed by atoms with Crippen LogP contribution in [0.25, 0.3) is 0 Å². The summed E-state index contributed by atoms with van der Waals surface area (Å²) in [6, 6.07) is 17.0. The first-order valence-electron chi connectivity index (χ1n) is 11.1. The van der Waals surface area contributed by atoms with Crippen molar-refractivity contribution in [3.63, 3.8) is 0 Å². The van der Waals surface area contributed by atoms with Crippen LogP contribution in [0.1, 0.15) is 40.4 Å². The number of pyridine rings is 1. The third kappa shape index (κ3) is 2.84. The third-order valence-electron chi connectivity index (χ3n) is 7.42. The first-order chi connectivity index (χ1) is 16.0. The van der Waals surface area contributed by atoms with Gasteiger partial charge in [-0.15, -0.1) is 0 Å². The zero-order valence-electron chi connectivity index (χ0n) is 17.7. The number of halogens is 2. The normalized spacial score (nSPS) is 28.1. The fraction of sp³-hybridized carbons (Fsp3) is 0.269. The van der Waals surface area contributed by atoms with Crippen molar-refractivity contribution in [2.45, 2.75) is 30.3 Å². The summed E-state index contributed by atoms with van der Waals surface area (Å²) in [5, 5.41) is 3.55. The molecule has 3 aromatic rings. The van der Waals surface area contributed by atoms with E-state index in [0.29, 0.717) is 28.5 Å². The molecule has 1 spiro atoms. The molecule has 166 valence electrons. The van der Waals surface area contributed by atoms with Crippen molar-refractivity contribution >= 4 is 29.0 Å². The quantitative estimate of drug-likeness (QED) is 0.570. The van der Waals surface area contributed by atoms with Crippen molar-refractivity contribution in [2.75, 3.05) is 11.9 Å². The first kappa shape index (κ1) is 20.5. The molecule has 5 nitrogen and oxygen atoms in total. The Bertz CT molecular complexity index is 1270. The minimum Gasteiger partial charge on any atom is -0.324 e. The summed E-state index contributed by atoms with van der Waals surface area (Å²) in [5.41, 5.74) is 1.05. The van der Waals surface area contributed by atoms with Crippen LogP contribution < -0.4 is 5.32 Å². The Morgan fingerprint density at radius 3 is 2.73 bits per heavy atom. The maximum Gasteiger partial charge on any atom is 0.250 e. The number of nitrogens with zero attached hydrogens (tertiary/aromatic N) is 2. The second-order valence-electron chi connectivity index (χ2n) is 8.95. The molecule has 1 aromatic heterocycles. The van der Waals surface area contributed by atoms with Gasteiger partial charge >= 0.3 is 0 Å². The van der Waals surface area contributed by atoms with Crippen LogP contribution in [0.15, 0.2) is 66.9 Å². The van der Waals surface area contributed by atoms with E-state index < -0.39 is 17.3 Å². The molecule has 0 saturated carbocycles. The fourth-order valence-electron chi connectivity index (χ4n) is 6.26. The fourth-order valence-corrected chi connectivity index (χ4v) is 6.39. The number of carbonyl (C=O) groups is 2. The van der Waals surface area contributed by atoms with E-state index in [0.717, 1.165) is 18.4 Å². The Balaban J connectivity index is 1.63. The minimum atomic E-state index is -1.29. The maximum atomic E-state index is 14.5. The molecule has 0 radical (unpaired) electrons. The molecule has 6 rings (SSSR count). The van der Waals surface area contributed by atoms with Gasteiger partial charge in [-0.2, -0.15) is 0 Å². The van der Waals surface area contributed by atoms with Crippen molar-refractivity contribution in [2.24, 2.45) is 5.92 Å². The highest BCUT2D eigenvalue weighted by Crippen LogP contribution is 2.61. The summed E-state index contributed by atoms with van der Waals surface area (Å²) in [5.74, 6) is -1.95. The molecule has 1 N–H and O–H groups in total. The van der Waals surface area contributed by atoms with Crippen molar-refractivity contribution in [1.82, 2.24) is 9.88 Å². The van der Waals surface area contributed by atoms with Gasteiger partial charge in [-0.3, -0.25) is 19.5 Å². The molecule has 3 aliphatic rings. The van der Waals surface area contributed by atoms with Crippen molar-refractivity contribution in [3.05, 3.63) is 94.5 Å². The van der Waals surface area contributed by atoms with Crippen LogP contribution >= 0.6 is 11.6 Å². The zero-order chi connectivity index (χ0) is 22.7. The predicted molar refractivity (Wildman–Crippen MR) is 123 cm³/mol. The van der Waals surface area contributed by atoms with Gasteiger partial charge in [0.2, 0.25) is 5.91 Å². The van der Waals surface area contributed by atoms with Gasteiger partial charge in [0.1, 0.15) is 17.1 Å². The van der Waals surface area contributed by atoms with Gasteiger partial charge in [0, 0.05) is 34.4 Å². The number of ketones is 1. The summed E-state index contributed by atoms with van der Waals surface area (Å²) in [7, 11) is 0. The van der Waals surface area contributed by atoms with E-state index in [1.54, 1.807) is 30.5 Å². The summed E-state index contributed by atoms with van der Waals surface area (Å²) < 4.78 is 14.5. The number of anilines is 1. The summed E-state index contributed by atoms with van der Waals surface area (Å²) in [6.07, 6.45) is 3.33. The number of nitrogens with one attached hydrogen (secondary N) is 1. The number of hydrogen-bond donors (Lipinski definition) is 1. The van der Waals surface area contributed by atoms with Crippen LogP contribution in [-0.2, 0) is 10.3 Å². The molecule has 2 aromatic carbocycles. The van der Waals surface area contributed by atoms with Crippen molar-refractivity contribution in [3.8, 4) is 0 Å². The predicted octanol–water partition coefficient (Wildman–Crippen LogP) is 4.78.